The lowest BCUT2D eigenvalue weighted by molar-refractivity contribution is -0.130. The van der Waals surface area contributed by atoms with E-state index in [-0.39, 0.29) is 11.9 Å². The van der Waals surface area contributed by atoms with Gasteiger partial charge in [-0.25, -0.2) is 0 Å². The first-order chi connectivity index (χ1) is 7.61. The second kappa shape index (κ2) is 6.86. The Morgan fingerprint density at radius 1 is 1.44 bits per heavy atom. The Kier molecular flexibility index (Phi) is 5.77. The molecule has 0 bridgehead atoms. The van der Waals surface area contributed by atoms with Gasteiger partial charge in [0.15, 0.2) is 0 Å². The van der Waals surface area contributed by atoms with Gasteiger partial charge in [0.25, 0.3) is 0 Å². The van der Waals surface area contributed by atoms with Crippen molar-refractivity contribution in [2.45, 2.75) is 32.7 Å². The van der Waals surface area contributed by atoms with Crippen molar-refractivity contribution in [3.05, 3.63) is 0 Å². The number of nitrogens with zero attached hydrogens (tertiary/aromatic N) is 1. The summed E-state index contributed by atoms with van der Waals surface area (Å²) in [6.45, 7) is 7.16. The first kappa shape index (κ1) is 13.5. The van der Waals surface area contributed by atoms with Crippen LogP contribution in [0.5, 0.6) is 0 Å². The van der Waals surface area contributed by atoms with Crippen LogP contribution in [0.4, 0.5) is 0 Å². The minimum Gasteiger partial charge on any atom is -0.381 e. The van der Waals surface area contributed by atoms with Gasteiger partial charge < -0.3 is 15.0 Å². The van der Waals surface area contributed by atoms with E-state index in [4.69, 9.17) is 4.74 Å². The van der Waals surface area contributed by atoms with Gasteiger partial charge in [-0.2, -0.15) is 0 Å². The second-order valence-corrected chi connectivity index (χ2v) is 4.79. The second-order valence-electron chi connectivity index (χ2n) is 4.79. The van der Waals surface area contributed by atoms with Gasteiger partial charge >= 0.3 is 0 Å². The molecule has 0 aromatic heterocycles. The SMILES string of the molecule is CC(C)N(C)C(=O)CNCC1CCOCC1. The van der Waals surface area contributed by atoms with Gasteiger partial charge in [0.2, 0.25) is 5.91 Å². The van der Waals surface area contributed by atoms with Crippen molar-refractivity contribution >= 4 is 5.91 Å². The van der Waals surface area contributed by atoms with Crippen LogP contribution in [-0.2, 0) is 9.53 Å². The van der Waals surface area contributed by atoms with Gasteiger partial charge in [-0.1, -0.05) is 0 Å². The molecule has 4 heteroatoms. The Labute approximate surface area is 98.3 Å². The van der Waals surface area contributed by atoms with E-state index in [9.17, 15) is 4.79 Å². The Morgan fingerprint density at radius 3 is 2.62 bits per heavy atom. The molecule has 1 aliphatic rings. The molecule has 0 atom stereocenters. The lowest BCUT2D eigenvalue weighted by Crippen LogP contribution is -2.41. The third-order valence-electron chi connectivity index (χ3n) is 3.22. The molecule has 94 valence electrons. The lowest BCUT2D eigenvalue weighted by atomic mass is 10.0. The van der Waals surface area contributed by atoms with Crippen LogP contribution in [0.3, 0.4) is 0 Å². The van der Waals surface area contributed by atoms with Crippen molar-refractivity contribution in [2.24, 2.45) is 5.92 Å². The fourth-order valence-corrected chi connectivity index (χ4v) is 1.75. The molecule has 1 rings (SSSR count). The fourth-order valence-electron chi connectivity index (χ4n) is 1.75. The van der Waals surface area contributed by atoms with Crippen molar-refractivity contribution in [2.75, 3.05) is 33.4 Å². The predicted octanol–water partition coefficient (Wildman–Crippen LogP) is 0.869. The summed E-state index contributed by atoms with van der Waals surface area (Å²) in [6, 6.07) is 0.275. The highest BCUT2D eigenvalue weighted by molar-refractivity contribution is 5.78. The number of hydrogen-bond donors (Lipinski definition) is 1. The van der Waals surface area contributed by atoms with E-state index < -0.39 is 0 Å². The van der Waals surface area contributed by atoms with Crippen molar-refractivity contribution in [3.63, 3.8) is 0 Å². The highest BCUT2D eigenvalue weighted by Gasteiger charge is 2.15. The van der Waals surface area contributed by atoms with Gasteiger partial charge in [-0.15, -0.1) is 0 Å². The molecule has 0 radical (unpaired) electrons. The quantitative estimate of drug-likeness (QED) is 0.759. The van der Waals surface area contributed by atoms with Gasteiger partial charge in [0.1, 0.15) is 0 Å². The highest BCUT2D eigenvalue weighted by atomic mass is 16.5. The molecule has 0 spiro atoms. The van der Waals surface area contributed by atoms with Crippen LogP contribution in [0.1, 0.15) is 26.7 Å². The molecule has 0 unspecified atom stereocenters. The van der Waals surface area contributed by atoms with E-state index in [1.807, 2.05) is 20.9 Å². The molecule has 0 aromatic carbocycles. The van der Waals surface area contributed by atoms with Crippen molar-refractivity contribution < 1.29 is 9.53 Å². The standard InChI is InChI=1S/C12H24N2O2/c1-10(2)14(3)12(15)9-13-8-11-4-6-16-7-5-11/h10-11,13H,4-9H2,1-3H3. The Balaban J connectivity index is 2.12. The molecule has 1 saturated heterocycles. The minimum absolute atomic E-state index is 0.169. The maximum absolute atomic E-state index is 11.7. The number of ether oxygens (including phenoxy) is 1. The van der Waals surface area contributed by atoms with Crippen LogP contribution in [-0.4, -0.2) is 50.2 Å². The number of nitrogens with one attached hydrogen (secondary N) is 1. The molecule has 1 fully saturated rings. The summed E-state index contributed by atoms with van der Waals surface area (Å²) in [7, 11) is 1.85. The molecular weight excluding hydrogens is 204 g/mol. The Hall–Kier alpha value is -0.610. The van der Waals surface area contributed by atoms with Crippen LogP contribution in [0.2, 0.25) is 0 Å². The lowest BCUT2D eigenvalue weighted by Gasteiger charge is -2.24. The summed E-state index contributed by atoms with van der Waals surface area (Å²) in [5, 5.41) is 3.24. The number of hydrogen-bond acceptors (Lipinski definition) is 3. The van der Waals surface area contributed by atoms with Crippen LogP contribution in [0.15, 0.2) is 0 Å². The van der Waals surface area contributed by atoms with Gasteiger partial charge in [-0.3, -0.25) is 4.79 Å². The smallest absolute Gasteiger partial charge is 0.236 e. The monoisotopic (exact) mass is 228 g/mol. The normalized spacial score (nSPS) is 17.8. The van der Waals surface area contributed by atoms with Crippen LogP contribution in [0, 0.1) is 5.92 Å². The summed E-state index contributed by atoms with van der Waals surface area (Å²) in [4.78, 5) is 13.4. The highest BCUT2D eigenvalue weighted by Crippen LogP contribution is 2.12. The summed E-state index contributed by atoms with van der Waals surface area (Å²) >= 11 is 0. The molecule has 0 saturated carbocycles. The van der Waals surface area contributed by atoms with E-state index in [2.05, 4.69) is 5.32 Å². The van der Waals surface area contributed by atoms with E-state index in [1.54, 1.807) is 4.90 Å². The van der Waals surface area contributed by atoms with E-state index in [0.717, 1.165) is 32.6 Å². The topological polar surface area (TPSA) is 41.6 Å². The van der Waals surface area contributed by atoms with E-state index in [1.165, 1.54) is 0 Å². The number of amides is 1. The molecule has 16 heavy (non-hydrogen) atoms. The van der Waals surface area contributed by atoms with Gasteiger partial charge in [0.05, 0.1) is 6.54 Å². The minimum atomic E-state index is 0.169. The van der Waals surface area contributed by atoms with Gasteiger partial charge in [0, 0.05) is 26.3 Å². The Bertz CT molecular complexity index is 213. The molecule has 1 heterocycles. The first-order valence-electron chi connectivity index (χ1n) is 6.15. The summed E-state index contributed by atoms with van der Waals surface area (Å²) in [6.07, 6.45) is 2.22. The zero-order valence-corrected chi connectivity index (χ0v) is 10.7. The number of carbonyl (C=O) groups excluding carboxylic acids is 1. The summed E-state index contributed by atoms with van der Waals surface area (Å²) in [5.41, 5.74) is 0. The molecular formula is C12H24N2O2. The largest absolute Gasteiger partial charge is 0.381 e. The Morgan fingerprint density at radius 2 is 2.06 bits per heavy atom. The number of likely N-dealkylation sites (N-methyl/N-ethyl adjacent to an activating group) is 1. The molecule has 0 aliphatic carbocycles. The summed E-state index contributed by atoms with van der Waals surface area (Å²) < 4.78 is 5.29. The van der Waals surface area contributed by atoms with Crippen LogP contribution < -0.4 is 5.32 Å². The van der Waals surface area contributed by atoms with E-state index >= 15 is 0 Å². The zero-order chi connectivity index (χ0) is 12.0. The van der Waals surface area contributed by atoms with E-state index in [0.29, 0.717) is 12.5 Å². The average molecular weight is 228 g/mol. The fraction of sp³-hybridized carbons (Fsp3) is 0.917. The van der Waals surface area contributed by atoms with Crippen molar-refractivity contribution in [3.8, 4) is 0 Å². The van der Waals surface area contributed by atoms with Gasteiger partial charge in [-0.05, 0) is 39.2 Å². The number of rotatable bonds is 5. The van der Waals surface area contributed by atoms with Crippen LogP contribution >= 0.6 is 0 Å². The van der Waals surface area contributed by atoms with Crippen molar-refractivity contribution in [1.82, 2.24) is 10.2 Å². The molecule has 1 N–H and O–H groups in total. The maximum Gasteiger partial charge on any atom is 0.236 e. The molecule has 4 nitrogen and oxygen atoms in total. The molecule has 1 amide bonds. The average Bonchev–Trinajstić information content (AvgIpc) is 2.29. The number of carbonyl (C=O) groups is 1. The van der Waals surface area contributed by atoms with Crippen LogP contribution in [0.25, 0.3) is 0 Å². The first-order valence-corrected chi connectivity index (χ1v) is 6.15. The third kappa shape index (κ3) is 4.49. The maximum atomic E-state index is 11.7. The molecule has 1 aliphatic heterocycles. The molecule has 0 aromatic rings. The zero-order valence-electron chi connectivity index (χ0n) is 10.7. The predicted molar refractivity (Wildman–Crippen MR) is 64.3 cm³/mol. The van der Waals surface area contributed by atoms with Crippen molar-refractivity contribution in [1.29, 1.82) is 0 Å². The summed E-state index contributed by atoms with van der Waals surface area (Å²) in [5.74, 6) is 0.841. The third-order valence-corrected chi connectivity index (χ3v) is 3.22.